The van der Waals surface area contributed by atoms with Gasteiger partial charge in [0.25, 0.3) is 0 Å². The molecule has 0 rings (SSSR count). The summed E-state index contributed by atoms with van der Waals surface area (Å²) < 4.78 is 0. The highest BCUT2D eigenvalue weighted by atomic mass is 16.3. The maximum atomic E-state index is 9.33. The van der Waals surface area contributed by atoms with Crippen LogP contribution < -0.4 is 0 Å². The molecule has 0 saturated heterocycles. The van der Waals surface area contributed by atoms with Gasteiger partial charge in [-0.3, -0.25) is 0 Å². The minimum Gasteiger partial charge on any atom is -0.396 e. The summed E-state index contributed by atoms with van der Waals surface area (Å²) in [5.74, 6) is 0. The molecule has 0 aliphatic carbocycles. The molecule has 2 heteroatoms. The first-order valence-corrected chi connectivity index (χ1v) is 20.3. The average Bonchev–Trinajstić information content (AvgIpc) is 3.05. The molecule has 0 unspecified atom stereocenters. The van der Waals surface area contributed by atoms with Gasteiger partial charge in [-0.15, -0.1) is 0 Å². The summed E-state index contributed by atoms with van der Waals surface area (Å²) >= 11 is 0. The summed E-state index contributed by atoms with van der Waals surface area (Å²) in [5.41, 5.74) is 0. The van der Waals surface area contributed by atoms with Crippen LogP contribution in [0.5, 0.6) is 0 Å². The zero-order valence-corrected chi connectivity index (χ0v) is 30.8. The molecular formula is C44H85NO. The van der Waals surface area contributed by atoms with Crippen LogP contribution in [0.3, 0.4) is 0 Å². The molecule has 0 aromatic heterocycles. The molecule has 0 radical (unpaired) electrons. The van der Waals surface area contributed by atoms with Gasteiger partial charge in [0.1, 0.15) is 0 Å². The van der Waals surface area contributed by atoms with E-state index < -0.39 is 0 Å². The summed E-state index contributed by atoms with van der Waals surface area (Å²) in [6.45, 7) is 8.39. The molecule has 0 bridgehead atoms. The van der Waals surface area contributed by atoms with Gasteiger partial charge >= 0.3 is 0 Å². The lowest BCUT2D eigenvalue weighted by molar-refractivity contribution is 0.217. The van der Waals surface area contributed by atoms with Crippen molar-refractivity contribution in [2.75, 3.05) is 26.2 Å². The van der Waals surface area contributed by atoms with E-state index in [0.29, 0.717) is 6.61 Å². The van der Waals surface area contributed by atoms with Gasteiger partial charge in [0.05, 0.1) is 0 Å². The van der Waals surface area contributed by atoms with Crippen LogP contribution in [0.4, 0.5) is 0 Å². The zero-order valence-electron chi connectivity index (χ0n) is 30.8. The van der Waals surface area contributed by atoms with E-state index in [4.69, 9.17) is 0 Å². The maximum absolute atomic E-state index is 9.33. The van der Waals surface area contributed by atoms with Crippen LogP contribution in [0.25, 0.3) is 0 Å². The number of allylic oxidation sites excluding steroid dienone is 8. The van der Waals surface area contributed by atoms with E-state index >= 15 is 0 Å². The molecule has 46 heavy (non-hydrogen) atoms. The monoisotopic (exact) mass is 644 g/mol. The normalized spacial score (nSPS) is 12.2. The molecule has 272 valence electrons. The van der Waals surface area contributed by atoms with Gasteiger partial charge in [-0.2, -0.15) is 0 Å². The van der Waals surface area contributed by atoms with Crippen LogP contribution in [0.1, 0.15) is 207 Å². The van der Waals surface area contributed by atoms with Crippen LogP contribution in [-0.2, 0) is 0 Å². The van der Waals surface area contributed by atoms with Crippen LogP contribution in [-0.4, -0.2) is 36.2 Å². The molecule has 0 aliphatic heterocycles. The summed E-state index contributed by atoms with van der Waals surface area (Å²) in [6, 6.07) is 0. The van der Waals surface area contributed by atoms with E-state index in [9.17, 15) is 5.11 Å². The Bertz CT molecular complexity index is 596. The van der Waals surface area contributed by atoms with E-state index in [-0.39, 0.29) is 7.43 Å². The highest BCUT2D eigenvalue weighted by molar-refractivity contribution is 4.93. The number of hydrogen-bond acceptors (Lipinski definition) is 2. The third-order valence-electron chi connectivity index (χ3n) is 8.98. The lowest BCUT2D eigenvalue weighted by Crippen LogP contribution is -2.27. The van der Waals surface area contributed by atoms with Crippen LogP contribution >= 0.6 is 0 Å². The molecule has 2 nitrogen and oxygen atoms in total. The second-order valence-corrected chi connectivity index (χ2v) is 13.5. The van der Waals surface area contributed by atoms with Crippen molar-refractivity contribution in [1.82, 2.24) is 4.90 Å². The number of aliphatic hydroxyl groups excluding tert-OH is 1. The van der Waals surface area contributed by atoms with E-state index in [0.717, 1.165) is 25.8 Å². The lowest BCUT2D eigenvalue weighted by Gasteiger charge is -2.22. The quantitative estimate of drug-likeness (QED) is 0.0538. The van der Waals surface area contributed by atoms with Gasteiger partial charge in [0.15, 0.2) is 0 Å². The first kappa shape index (κ1) is 47.0. The fourth-order valence-electron chi connectivity index (χ4n) is 5.98. The molecule has 0 spiro atoms. The minimum atomic E-state index is 0. The predicted molar refractivity (Wildman–Crippen MR) is 212 cm³/mol. The number of aliphatic hydroxyl groups is 1. The third kappa shape index (κ3) is 40.9. The SMILES string of the molecule is C.CCCCC/C=C\C/C=C\CCCCCCCCCCN(CCCO)CCCCCCCCCC/C=C\C/C=C\CCCCC. The Kier molecular flexibility index (Phi) is 44.8. The van der Waals surface area contributed by atoms with Gasteiger partial charge in [-0.25, -0.2) is 0 Å². The van der Waals surface area contributed by atoms with E-state index in [2.05, 4.69) is 67.4 Å². The average molecular weight is 644 g/mol. The molecular weight excluding hydrogens is 558 g/mol. The van der Waals surface area contributed by atoms with Crippen molar-refractivity contribution in [3.05, 3.63) is 48.6 Å². The fourth-order valence-corrected chi connectivity index (χ4v) is 5.98. The van der Waals surface area contributed by atoms with Crippen molar-refractivity contribution >= 4 is 0 Å². The minimum absolute atomic E-state index is 0. The van der Waals surface area contributed by atoms with Crippen molar-refractivity contribution in [3.8, 4) is 0 Å². The van der Waals surface area contributed by atoms with Gasteiger partial charge in [0.2, 0.25) is 0 Å². The van der Waals surface area contributed by atoms with Crippen molar-refractivity contribution < 1.29 is 5.11 Å². The Labute approximate surface area is 291 Å². The zero-order chi connectivity index (χ0) is 32.6. The highest BCUT2D eigenvalue weighted by Crippen LogP contribution is 2.13. The third-order valence-corrected chi connectivity index (χ3v) is 8.98. The summed E-state index contributed by atoms with van der Waals surface area (Å²) in [4.78, 5) is 2.63. The number of rotatable bonds is 37. The molecule has 1 N–H and O–H groups in total. The topological polar surface area (TPSA) is 23.5 Å². The first-order valence-electron chi connectivity index (χ1n) is 20.3. The predicted octanol–water partition coefficient (Wildman–Crippen LogP) is 14.5. The Morgan fingerprint density at radius 3 is 0.957 bits per heavy atom. The van der Waals surface area contributed by atoms with Gasteiger partial charge in [-0.1, -0.05) is 173 Å². The Balaban J connectivity index is 0. The van der Waals surface area contributed by atoms with Gasteiger partial charge in [-0.05, 0) is 96.6 Å². The molecule has 0 heterocycles. The number of hydrogen-bond donors (Lipinski definition) is 1. The smallest absolute Gasteiger partial charge is 0.0443 e. The summed E-state index contributed by atoms with van der Waals surface area (Å²) in [7, 11) is 0. The lowest BCUT2D eigenvalue weighted by atomic mass is 10.1. The highest BCUT2D eigenvalue weighted by Gasteiger charge is 2.04. The molecule has 0 aromatic rings. The number of unbranched alkanes of at least 4 members (excludes halogenated alkanes) is 22. The Morgan fingerprint density at radius 2 is 0.630 bits per heavy atom. The van der Waals surface area contributed by atoms with Crippen molar-refractivity contribution in [3.63, 3.8) is 0 Å². The van der Waals surface area contributed by atoms with E-state index in [1.807, 2.05) is 0 Å². The Hall–Kier alpha value is -1.12. The van der Waals surface area contributed by atoms with Crippen LogP contribution in [0.2, 0.25) is 0 Å². The molecule has 0 fully saturated rings. The molecule has 0 atom stereocenters. The Morgan fingerprint density at radius 1 is 0.348 bits per heavy atom. The van der Waals surface area contributed by atoms with E-state index in [1.165, 1.54) is 180 Å². The van der Waals surface area contributed by atoms with Crippen molar-refractivity contribution in [2.45, 2.75) is 207 Å². The molecule has 0 saturated carbocycles. The fraction of sp³-hybridized carbons (Fsp3) is 0.818. The van der Waals surface area contributed by atoms with Gasteiger partial charge < -0.3 is 10.0 Å². The van der Waals surface area contributed by atoms with Gasteiger partial charge in [0, 0.05) is 13.2 Å². The first-order chi connectivity index (χ1) is 22.3. The molecule has 0 amide bonds. The maximum Gasteiger partial charge on any atom is 0.0443 e. The van der Waals surface area contributed by atoms with Crippen LogP contribution in [0.15, 0.2) is 48.6 Å². The summed E-state index contributed by atoms with van der Waals surface area (Å²) in [6.07, 6.45) is 57.2. The second kappa shape index (κ2) is 43.9. The van der Waals surface area contributed by atoms with Crippen LogP contribution in [0, 0.1) is 0 Å². The van der Waals surface area contributed by atoms with Crippen molar-refractivity contribution in [2.24, 2.45) is 0 Å². The largest absolute Gasteiger partial charge is 0.396 e. The molecule has 0 aliphatic rings. The number of nitrogens with zero attached hydrogens (tertiary/aromatic N) is 1. The standard InChI is InChI=1S/C43H81NO.CH4/c1-3-5-7-9-11-13-15-17-19-21-23-25-27-29-31-33-35-37-40-44(42-39-43-45)41-38-36-34-32-30-28-26-24-22-20-18-16-14-12-10-8-6-4-2;/h11-14,17-20,45H,3-10,15-16,21-43H2,1-2H3;1H4/b13-11-,14-12-,19-17-,20-18-;. The summed E-state index contributed by atoms with van der Waals surface area (Å²) in [5, 5.41) is 9.33. The van der Waals surface area contributed by atoms with E-state index in [1.54, 1.807) is 0 Å². The van der Waals surface area contributed by atoms with Crippen molar-refractivity contribution in [1.29, 1.82) is 0 Å². The second-order valence-electron chi connectivity index (χ2n) is 13.5. The molecule has 0 aromatic carbocycles.